The molecule has 0 radical (unpaired) electrons. The van der Waals surface area contributed by atoms with Crippen LogP contribution in [0.2, 0.25) is 0 Å². The summed E-state index contributed by atoms with van der Waals surface area (Å²) in [5.74, 6) is -2.83. The third-order valence-electron chi connectivity index (χ3n) is 5.61. The molecule has 2 fully saturated rings. The summed E-state index contributed by atoms with van der Waals surface area (Å²) in [5.41, 5.74) is 4.07. The molecule has 0 aromatic carbocycles. The normalized spacial score (nSPS) is 29.0. The van der Waals surface area contributed by atoms with Gasteiger partial charge in [-0.3, -0.25) is 28.8 Å². The van der Waals surface area contributed by atoms with Gasteiger partial charge < -0.3 is 31.7 Å². The molecule has 2 bridgehead atoms. The van der Waals surface area contributed by atoms with Crippen LogP contribution in [0.15, 0.2) is 12.2 Å². The van der Waals surface area contributed by atoms with E-state index in [0.717, 1.165) is 0 Å². The van der Waals surface area contributed by atoms with Crippen LogP contribution in [0.5, 0.6) is 0 Å². The van der Waals surface area contributed by atoms with Gasteiger partial charge in [0.05, 0.1) is 6.42 Å². The molecule has 1 saturated heterocycles. The molecule has 35 heavy (non-hydrogen) atoms. The van der Waals surface area contributed by atoms with Crippen molar-refractivity contribution in [3.63, 3.8) is 0 Å². The van der Waals surface area contributed by atoms with Crippen molar-refractivity contribution < 1.29 is 33.5 Å². The van der Waals surface area contributed by atoms with Gasteiger partial charge >= 0.3 is 5.97 Å². The van der Waals surface area contributed by atoms with Crippen molar-refractivity contribution in [3.05, 3.63) is 12.2 Å². The average molecular weight is 528 g/mol. The Hall–Kier alpha value is -2.74. The molecule has 0 unspecified atom stereocenters. The van der Waals surface area contributed by atoms with Gasteiger partial charge in [0.25, 0.3) is 0 Å². The van der Waals surface area contributed by atoms with Crippen LogP contribution in [0.3, 0.4) is 0 Å². The van der Waals surface area contributed by atoms with Crippen LogP contribution in [0.4, 0.5) is 0 Å². The molecule has 0 aromatic heterocycles. The Kier molecular flexibility index (Phi) is 9.43. The standard InChI is InChI=1S/C21H29N5O7S2/c22-15(27)5-4-13-18(30)25-14-11-35-34-8-2-1-3-12(9-16(28)24-13)33-17(29)10-23-20(32)21(6-7-21)26-19(14)31/h1,3,12-14H,2,4-11H2,(H2,22,27)(H,23,32)(H,24,28)(H,25,30)(H,26,31)/b3-1+/t12-,13-,14-/m1/s1. The summed E-state index contributed by atoms with van der Waals surface area (Å²) in [6, 6.07) is -2.14. The molecule has 3 atom stereocenters. The Morgan fingerprint density at radius 3 is 2.60 bits per heavy atom. The lowest BCUT2D eigenvalue weighted by molar-refractivity contribution is -0.148. The minimum atomic E-state index is -1.15. The number of nitrogens with two attached hydrogens (primary N) is 1. The second kappa shape index (κ2) is 12.3. The van der Waals surface area contributed by atoms with Crippen molar-refractivity contribution in [3.8, 4) is 0 Å². The summed E-state index contributed by atoms with van der Waals surface area (Å²) >= 11 is 0. The van der Waals surface area contributed by atoms with Crippen LogP contribution in [-0.2, 0) is 33.5 Å². The molecule has 14 heteroatoms. The maximum absolute atomic E-state index is 13.1. The molecule has 3 aliphatic rings. The van der Waals surface area contributed by atoms with E-state index in [1.807, 2.05) is 0 Å². The smallest absolute Gasteiger partial charge is 0.326 e. The number of fused-ring (bicyclic) bond motifs is 7. The van der Waals surface area contributed by atoms with E-state index in [9.17, 15) is 28.8 Å². The van der Waals surface area contributed by atoms with Gasteiger partial charge in [-0.05, 0) is 31.8 Å². The maximum Gasteiger partial charge on any atom is 0.326 e. The fraction of sp³-hybridized carbons (Fsp3) is 0.619. The molecule has 0 aromatic rings. The van der Waals surface area contributed by atoms with E-state index in [0.29, 0.717) is 25.0 Å². The summed E-state index contributed by atoms with van der Waals surface area (Å²) in [7, 11) is 2.88. The highest BCUT2D eigenvalue weighted by molar-refractivity contribution is 8.76. The first-order valence-electron chi connectivity index (χ1n) is 11.3. The maximum atomic E-state index is 13.1. The fourth-order valence-corrected chi connectivity index (χ4v) is 5.68. The molecule has 2 aliphatic heterocycles. The van der Waals surface area contributed by atoms with E-state index in [2.05, 4.69) is 21.3 Å². The van der Waals surface area contributed by atoms with Crippen LogP contribution in [0.1, 0.15) is 38.5 Å². The minimum Gasteiger partial charge on any atom is -0.456 e. The lowest BCUT2D eigenvalue weighted by Gasteiger charge is -2.25. The van der Waals surface area contributed by atoms with Gasteiger partial charge in [-0.2, -0.15) is 0 Å². The van der Waals surface area contributed by atoms with Crippen molar-refractivity contribution in [2.24, 2.45) is 5.73 Å². The Balaban J connectivity index is 1.93. The average Bonchev–Trinajstić information content (AvgIpc) is 3.57. The number of amides is 5. The van der Waals surface area contributed by atoms with Gasteiger partial charge in [-0.25, -0.2) is 0 Å². The Bertz CT molecular complexity index is 908. The summed E-state index contributed by atoms with van der Waals surface area (Å²) in [6.07, 6.45) is 3.36. The molecule has 3 rings (SSSR count). The van der Waals surface area contributed by atoms with Gasteiger partial charge in [0, 0.05) is 17.9 Å². The van der Waals surface area contributed by atoms with E-state index in [-0.39, 0.29) is 25.0 Å². The SMILES string of the molecule is NC(=O)CC[C@H]1NC(=O)C[C@H]2/C=C/CCSSC[C@@H](NC1=O)C(=O)NC1(CC1)C(=O)NCC(=O)O2. The molecule has 5 amide bonds. The first-order valence-corrected chi connectivity index (χ1v) is 13.8. The number of esters is 1. The zero-order valence-corrected chi connectivity index (χ0v) is 20.6. The third-order valence-corrected chi connectivity index (χ3v) is 8.06. The van der Waals surface area contributed by atoms with E-state index in [4.69, 9.17) is 10.5 Å². The Morgan fingerprint density at radius 1 is 1.11 bits per heavy atom. The van der Waals surface area contributed by atoms with Gasteiger partial charge in [-0.1, -0.05) is 27.7 Å². The predicted octanol–water partition coefficient (Wildman–Crippen LogP) is -1.36. The highest BCUT2D eigenvalue weighted by Gasteiger charge is 2.52. The summed E-state index contributed by atoms with van der Waals surface area (Å²) in [6.45, 7) is -0.421. The number of rotatable bonds is 3. The zero-order valence-electron chi connectivity index (χ0n) is 19.0. The monoisotopic (exact) mass is 527 g/mol. The van der Waals surface area contributed by atoms with Crippen LogP contribution in [0, 0.1) is 0 Å². The topological polar surface area (TPSA) is 186 Å². The number of hydrogen-bond acceptors (Lipinski definition) is 9. The first kappa shape index (κ1) is 26.9. The number of carbonyl (C=O) groups is 6. The number of carbonyl (C=O) groups excluding carboxylic acids is 6. The number of nitrogens with one attached hydrogen (secondary N) is 4. The molecule has 12 nitrogen and oxygen atoms in total. The highest BCUT2D eigenvalue weighted by atomic mass is 33.1. The second-order valence-electron chi connectivity index (χ2n) is 8.50. The lowest BCUT2D eigenvalue weighted by Crippen LogP contribution is -2.59. The Morgan fingerprint density at radius 2 is 1.89 bits per heavy atom. The van der Waals surface area contributed by atoms with E-state index < -0.39 is 65.8 Å². The molecule has 1 spiro atoms. The third kappa shape index (κ3) is 8.16. The van der Waals surface area contributed by atoms with Crippen molar-refractivity contribution in [2.75, 3.05) is 18.1 Å². The van der Waals surface area contributed by atoms with Crippen molar-refractivity contribution in [2.45, 2.75) is 62.3 Å². The molecule has 1 aliphatic carbocycles. The fourth-order valence-electron chi connectivity index (χ4n) is 3.52. The highest BCUT2D eigenvalue weighted by Crippen LogP contribution is 2.36. The van der Waals surface area contributed by atoms with Gasteiger partial charge in [-0.15, -0.1) is 0 Å². The van der Waals surface area contributed by atoms with Gasteiger partial charge in [0.1, 0.15) is 30.3 Å². The van der Waals surface area contributed by atoms with Crippen LogP contribution >= 0.6 is 21.6 Å². The molecular formula is C21H29N5O7S2. The molecule has 192 valence electrons. The predicted molar refractivity (Wildman–Crippen MR) is 129 cm³/mol. The number of primary amides is 1. The van der Waals surface area contributed by atoms with E-state index in [1.54, 1.807) is 12.2 Å². The van der Waals surface area contributed by atoms with Gasteiger partial charge in [0.2, 0.25) is 29.5 Å². The lowest BCUT2D eigenvalue weighted by atomic mass is 10.1. The molecule has 1 saturated carbocycles. The minimum absolute atomic E-state index is 0.0736. The number of ether oxygens (including phenoxy) is 1. The summed E-state index contributed by atoms with van der Waals surface area (Å²) in [4.78, 5) is 75.2. The summed E-state index contributed by atoms with van der Waals surface area (Å²) < 4.78 is 5.38. The second-order valence-corrected chi connectivity index (χ2v) is 11.1. The number of allylic oxidation sites excluding steroid dienone is 1. The zero-order chi connectivity index (χ0) is 25.4. The van der Waals surface area contributed by atoms with Crippen LogP contribution in [-0.4, -0.2) is 77.3 Å². The quantitative estimate of drug-likeness (QED) is 0.168. The van der Waals surface area contributed by atoms with Crippen LogP contribution < -0.4 is 27.0 Å². The van der Waals surface area contributed by atoms with Crippen molar-refractivity contribution in [1.82, 2.24) is 21.3 Å². The molecular weight excluding hydrogens is 498 g/mol. The summed E-state index contributed by atoms with van der Waals surface area (Å²) in [5, 5.41) is 10.4. The van der Waals surface area contributed by atoms with Crippen molar-refractivity contribution in [1.29, 1.82) is 0 Å². The van der Waals surface area contributed by atoms with E-state index >= 15 is 0 Å². The van der Waals surface area contributed by atoms with E-state index in [1.165, 1.54) is 21.6 Å². The largest absolute Gasteiger partial charge is 0.456 e. The number of hydrogen-bond donors (Lipinski definition) is 5. The molecule has 2 heterocycles. The first-order chi connectivity index (χ1) is 16.7. The Labute approximate surface area is 210 Å². The van der Waals surface area contributed by atoms with Gasteiger partial charge in [0.15, 0.2) is 0 Å². The van der Waals surface area contributed by atoms with Crippen LogP contribution in [0.25, 0.3) is 0 Å². The molecule has 6 N–H and O–H groups in total. The van der Waals surface area contributed by atoms with Crippen molar-refractivity contribution >= 4 is 57.1 Å².